The monoisotopic (exact) mass is 435 g/mol. The fourth-order valence-electron chi connectivity index (χ4n) is 2.67. The van der Waals surface area contributed by atoms with Crippen LogP contribution in [-0.4, -0.2) is 41.6 Å². The number of amides is 1. The standard InChI is InChI=1S/C17H12F3N7O2S/c18-8-2-9(19)14(10(20)3-8)15(28)7-1-11(21-4-7)16(29)22-6-13-25-26-17(30-13)12-5-23-27-24-12/h1-5,15,21,28H,6H2,(H,22,29)(H,23,24,27). The summed E-state index contributed by atoms with van der Waals surface area (Å²) in [5.41, 5.74) is -0.105. The van der Waals surface area contributed by atoms with E-state index in [0.29, 0.717) is 27.8 Å². The van der Waals surface area contributed by atoms with Crippen LogP contribution in [0.4, 0.5) is 13.2 Å². The van der Waals surface area contributed by atoms with Gasteiger partial charge >= 0.3 is 0 Å². The summed E-state index contributed by atoms with van der Waals surface area (Å²) in [5, 5.41) is 31.8. The van der Waals surface area contributed by atoms with Gasteiger partial charge in [-0.1, -0.05) is 11.3 Å². The van der Waals surface area contributed by atoms with Crippen LogP contribution in [-0.2, 0) is 6.54 Å². The van der Waals surface area contributed by atoms with Crippen molar-refractivity contribution in [2.24, 2.45) is 0 Å². The Bertz CT molecular complexity index is 1170. The van der Waals surface area contributed by atoms with Crippen molar-refractivity contribution in [3.8, 4) is 10.7 Å². The molecule has 9 nitrogen and oxygen atoms in total. The predicted molar refractivity (Wildman–Crippen MR) is 97.6 cm³/mol. The molecule has 1 aromatic carbocycles. The van der Waals surface area contributed by atoms with Crippen LogP contribution in [0.3, 0.4) is 0 Å². The maximum absolute atomic E-state index is 13.9. The van der Waals surface area contributed by atoms with Crippen molar-refractivity contribution >= 4 is 17.2 Å². The van der Waals surface area contributed by atoms with Crippen molar-refractivity contribution in [1.82, 2.24) is 35.9 Å². The van der Waals surface area contributed by atoms with Crippen LogP contribution in [0.15, 0.2) is 30.6 Å². The summed E-state index contributed by atoms with van der Waals surface area (Å²) < 4.78 is 40.8. The third kappa shape index (κ3) is 3.92. The molecule has 1 atom stereocenters. The largest absolute Gasteiger partial charge is 0.383 e. The van der Waals surface area contributed by atoms with E-state index < -0.39 is 35.0 Å². The smallest absolute Gasteiger partial charge is 0.268 e. The molecule has 3 heterocycles. The van der Waals surface area contributed by atoms with E-state index in [1.807, 2.05) is 0 Å². The summed E-state index contributed by atoms with van der Waals surface area (Å²) >= 11 is 1.22. The first-order valence-corrected chi connectivity index (χ1v) is 9.21. The third-order valence-electron chi connectivity index (χ3n) is 4.08. The van der Waals surface area contributed by atoms with Crippen LogP contribution in [0.5, 0.6) is 0 Å². The number of nitrogens with zero attached hydrogens (tertiary/aromatic N) is 4. The fourth-order valence-corrected chi connectivity index (χ4v) is 3.40. The van der Waals surface area contributed by atoms with Crippen LogP contribution in [0.25, 0.3) is 10.7 Å². The van der Waals surface area contributed by atoms with Crippen molar-refractivity contribution in [3.05, 3.63) is 69.9 Å². The molecule has 1 amide bonds. The van der Waals surface area contributed by atoms with Gasteiger partial charge in [0.05, 0.1) is 18.3 Å². The highest BCUT2D eigenvalue weighted by Gasteiger charge is 2.23. The maximum Gasteiger partial charge on any atom is 0.268 e. The lowest BCUT2D eigenvalue weighted by atomic mass is 10.0. The second kappa shape index (κ2) is 8.04. The number of carbonyl (C=O) groups excluding carboxylic acids is 1. The summed E-state index contributed by atoms with van der Waals surface area (Å²) in [6.45, 7) is 0.0759. The number of aromatic amines is 2. The number of benzene rings is 1. The molecule has 0 saturated carbocycles. The van der Waals surface area contributed by atoms with Crippen molar-refractivity contribution in [2.75, 3.05) is 0 Å². The van der Waals surface area contributed by atoms with E-state index in [1.54, 1.807) is 0 Å². The van der Waals surface area contributed by atoms with Crippen LogP contribution in [0.1, 0.15) is 32.7 Å². The minimum Gasteiger partial charge on any atom is -0.383 e. The van der Waals surface area contributed by atoms with Gasteiger partial charge in [-0.25, -0.2) is 13.2 Å². The van der Waals surface area contributed by atoms with Crippen molar-refractivity contribution in [1.29, 1.82) is 0 Å². The van der Waals surface area contributed by atoms with Crippen molar-refractivity contribution in [2.45, 2.75) is 12.6 Å². The molecule has 0 aliphatic carbocycles. The molecule has 30 heavy (non-hydrogen) atoms. The Balaban J connectivity index is 1.43. The number of aromatic nitrogens is 6. The topological polar surface area (TPSA) is 132 Å². The van der Waals surface area contributed by atoms with Gasteiger partial charge in [0.2, 0.25) is 0 Å². The van der Waals surface area contributed by atoms with E-state index in [9.17, 15) is 23.1 Å². The normalized spacial score (nSPS) is 12.1. The lowest BCUT2D eigenvalue weighted by molar-refractivity contribution is 0.0946. The molecule has 0 saturated heterocycles. The van der Waals surface area contributed by atoms with Gasteiger partial charge in [-0.05, 0) is 6.07 Å². The second-order valence-corrected chi connectivity index (χ2v) is 7.13. The lowest BCUT2D eigenvalue weighted by Crippen LogP contribution is -2.23. The molecule has 0 radical (unpaired) electrons. The van der Waals surface area contributed by atoms with E-state index in [4.69, 9.17) is 0 Å². The van der Waals surface area contributed by atoms with Gasteiger partial charge in [0.15, 0.2) is 5.01 Å². The number of carbonyl (C=O) groups is 1. The molecule has 4 rings (SSSR count). The predicted octanol–water partition coefficient (Wildman–Crippen LogP) is 2.08. The number of hydrogen-bond acceptors (Lipinski definition) is 7. The fraction of sp³-hybridized carbons (Fsp3) is 0.118. The molecule has 0 fully saturated rings. The minimum atomic E-state index is -1.73. The van der Waals surface area contributed by atoms with Gasteiger partial charge in [0.25, 0.3) is 5.91 Å². The molecule has 0 spiro atoms. The molecule has 4 N–H and O–H groups in total. The van der Waals surface area contributed by atoms with E-state index in [0.717, 1.165) is 0 Å². The zero-order valence-corrected chi connectivity index (χ0v) is 15.7. The first-order chi connectivity index (χ1) is 14.4. The summed E-state index contributed by atoms with van der Waals surface area (Å²) in [6.07, 6.45) is 0.994. The van der Waals surface area contributed by atoms with Gasteiger partial charge < -0.3 is 15.4 Å². The van der Waals surface area contributed by atoms with Gasteiger partial charge in [0, 0.05) is 23.9 Å². The highest BCUT2D eigenvalue weighted by Crippen LogP contribution is 2.28. The summed E-state index contributed by atoms with van der Waals surface area (Å²) in [5.74, 6) is -4.09. The molecule has 13 heteroatoms. The van der Waals surface area contributed by atoms with Gasteiger partial charge in [0.1, 0.15) is 40.0 Å². The van der Waals surface area contributed by atoms with Crippen LogP contribution in [0.2, 0.25) is 0 Å². The molecule has 1 unspecified atom stereocenters. The first-order valence-electron chi connectivity index (χ1n) is 8.40. The number of H-pyrrole nitrogens is 2. The Labute approximate surface area is 170 Å². The highest BCUT2D eigenvalue weighted by atomic mass is 32.1. The average Bonchev–Trinajstić information content (AvgIpc) is 3.46. The molecular weight excluding hydrogens is 423 g/mol. The maximum atomic E-state index is 13.9. The van der Waals surface area contributed by atoms with E-state index >= 15 is 0 Å². The van der Waals surface area contributed by atoms with Gasteiger partial charge in [-0.15, -0.1) is 10.2 Å². The molecule has 0 bridgehead atoms. The number of halogens is 3. The zero-order chi connectivity index (χ0) is 21.3. The van der Waals surface area contributed by atoms with Crippen LogP contribution < -0.4 is 5.32 Å². The molecule has 4 aromatic rings. The molecule has 3 aromatic heterocycles. The number of hydrogen-bond donors (Lipinski definition) is 4. The number of aliphatic hydroxyl groups is 1. The quantitative estimate of drug-likeness (QED) is 0.367. The summed E-state index contributed by atoms with van der Waals surface area (Å²) in [7, 11) is 0. The molecule has 0 aliphatic heterocycles. The Morgan fingerprint density at radius 2 is 1.97 bits per heavy atom. The molecular formula is C17H12F3N7O2S. The molecule has 154 valence electrons. The average molecular weight is 435 g/mol. The van der Waals surface area contributed by atoms with Gasteiger partial charge in [-0.3, -0.25) is 4.79 Å². The summed E-state index contributed by atoms with van der Waals surface area (Å²) in [6, 6.07) is 2.18. The molecule has 0 aliphatic rings. The number of rotatable bonds is 6. The lowest BCUT2D eigenvalue weighted by Gasteiger charge is -2.11. The van der Waals surface area contributed by atoms with E-state index in [2.05, 4.69) is 35.9 Å². The minimum absolute atomic E-state index is 0.0359. The Morgan fingerprint density at radius 1 is 1.20 bits per heavy atom. The second-order valence-electron chi connectivity index (χ2n) is 6.07. The Kier molecular flexibility index (Phi) is 5.29. The van der Waals surface area contributed by atoms with Crippen molar-refractivity contribution < 1.29 is 23.1 Å². The summed E-state index contributed by atoms with van der Waals surface area (Å²) in [4.78, 5) is 14.9. The number of aliphatic hydroxyl groups excluding tert-OH is 1. The first kappa shape index (κ1) is 19.7. The Morgan fingerprint density at radius 3 is 2.67 bits per heavy atom. The van der Waals surface area contributed by atoms with Crippen LogP contribution >= 0.6 is 11.3 Å². The SMILES string of the molecule is O=C(NCc1nnc(-c2cn[nH]n2)s1)c1cc(C(O)c2c(F)cc(F)cc2F)c[nH]1. The van der Waals surface area contributed by atoms with Crippen molar-refractivity contribution in [3.63, 3.8) is 0 Å². The van der Waals surface area contributed by atoms with Gasteiger partial charge in [-0.2, -0.15) is 15.4 Å². The highest BCUT2D eigenvalue weighted by molar-refractivity contribution is 7.14. The Hall–Kier alpha value is -3.58. The number of nitrogens with one attached hydrogen (secondary N) is 3. The van der Waals surface area contributed by atoms with E-state index in [1.165, 1.54) is 29.8 Å². The van der Waals surface area contributed by atoms with Crippen LogP contribution in [0, 0.1) is 17.5 Å². The third-order valence-corrected chi connectivity index (χ3v) is 5.03. The zero-order valence-electron chi connectivity index (χ0n) is 14.9. The van der Waals surface area contributed by atoms with E-state index in [-0.39, 0.29) is 17.8 Å².